The van der Waals surface area contributed by atoms with Gasteiger partial charge < -0.3 is 0 Å². The molecule has 0 radical (unpaired) electrons. The first-order chi connectivity index (χ1) is 12.6. The van der Waals surface area contributed by atoms with Gasteiger partial charge in [-0.05, 0) is 25.1 Å². The zero-order valence-electron chi connectivity index (χ0n) is 13.4. The smallest absolute Gasteiger partial charge is 0.260 e. The van der Waals surface area contributed by atoms with Crippen LogP contribution < -0.4 is 10.7 Å². The maximum absolute atomic E-state index is 12.2. The first-order valence-electron chi connectivity index (χ1n) is 7.23. The lowest BCUT2D eigenvalue weighted by Crippen LogP contribution is -2.12. The fourth-order valence-electron chi connectivity index (χ4n) is 1.92. The van der Waals surface area contributed by atoms with Crippen molar-refractivity contribution >= 4 is 44.0 Å². The van der Waals surface area contributed by atoms with E-state index in [-0.39, 0.29) is 11.6 Å². The zero-order chi connectivity index (χ0) is 18.5. The van der Waals surface area contributed by atoms with Crippen LogP contribution in [0.3, 0.4) is 0 Å². The van der Waals surface area contributed by atoms with Crippen molar-refractivity contribution in [1.82, 2.24) is 15.0 Å². The Morgan fingerprint density at radius 2 is 1.96 bits per heavy atom. The molecule has 2 N–H and O–H groups in total. The Balaban J connectivity index is 1.78. The van der Waals surface area contributed by atoms with E-state index in [0.29, 0.717) is 27.7 Å². The number of hydrogen-bond donors (Lipinski definition) is 2. The van der Waals surface area contributed by atoms with Crippen LogP contribution in [-0.2, 0) is 0 Å². The normalized spacial score (nSPS) is 9.81. The molecule has 0 bridgehead atoms. The second kappa shape index (κ2) is 7.34. The third kappa shape index (κ3) is 3.77. The van der Waals surface area contributed by atoms with Crippen molar-refractivity contribution in [2.45, 2.75) is 6.92 Å². The minimum Gasteiger partial charge on any atom is -0.298 e. The maximum Gasteiger partial charge on any atom is 0.260 e. The number of fused-ring (bicyclic) bond motifs is 1. The first kappa shape index (κ1) is 17.0. The fraction of sp³-hybridized carbons (Fsp3) is 0.0625. The number of thiazole rings is 1. The number of anilines is 2. The zero-order valence-corrected chi connectivity index (χ0v) is 14.2. The number of nitriles is 2. The summed E-state index contributed by atoms with van der Waals surface area (Å²) in [5, 5.41) is 24.2. The Labute approximate surface area is 151 Å². The van der Waals surface area contributed by atoms with Gasteiger partial charge in [0.1, 0.15) is 18.0 Å². The van der Waals surface area contributed by atoms with E-state index in [1.165, 1.54) is 23.7 Å². The van der Waals surface area contributed by atoms with Crippen molar-refractivity contribution in [2.75, 3.05) is 10.7 Å². The van der Waals surface area contributed by atoms with Crippen LogP contribution in [0.2, 0.25) is 0 Å². The minimum atomic E-state index is -0.348. The van der Waals surface area contributed by atoms with Gasteiger partial charge in [0, 0.05) is 12.4 Å². The number of amides is 1. The number of aromatic nitrogens is 3. The largest absolute Gasteiger partial charge is 0.298 e. The number of nitrogens with one attached hydrogen (secondary N) is 2. The van der Waals surface area contributed by atoms with Crippen LogP contribution in [0.15, 0.2) is 35.7 Å². The quantitative estimate of drug-likeness (QED) is 0.536. The van der Waals surface area contributed by atoms with Crippen LogP contribution in [0.1, 0.15) is 16.2 Å². The van der Waals surface area contributed by atoms with Gasteiger partial charge in [-0.2, -0.15) is 15.6 Å². The van der Waals surface area contributed by atoms with Crippen molar-refractivity contribution in [3.8, 4) is 12.1 Å². The maximum atomic E-state index is 12.2. The number of benzene rings is 1. The molecule has 0 aliphatic heterocycles. The van der Waals surface area contributed by atoms with Gasteiger partial charge in [0.15, 0.2) is 5.13 Å². The van der Waals surface area contributed by atoms with Crippen LogP contribution in [-0.4, -0.2) is 26.6 Å². The summed E-state index contributed by atoms with van der Waals surface area (Å²) in [6.45, 7) is 1.74. The molecule has 26 heavy (non-hydrogen) atoms. The van der Waals surface area contributed by atoms with Crippen molar-refractivity contribution in [3.05, 3.63) is 42.0 Å². The van der Waals surface area contributed by atoms with E-state index in [2.05, 4.69) is 30.8 Å². The molecule has 0 spiro atoms. The number of carbonyl (C=O) groups excluding carboxylic acids is 1. The number of hydrazone groups is 1. The molecular formula is C16H10N8OS. The molecule has 0 aliphatic carbocycles. The third-order valence-corrected chi connectivity index (χ3v) is 4.09. The second-order valence-corrected chi connectivity index (χ2v) is 6.00. The van der Waals surface area contributed by atoms with Crippen molar-refractivity contribution in [3.63, 3.8) is 0 Å². The molecule has 126 valence electrons. The predicted octanol–water partition coefficient (Wildman–Crippen LogP) is 2.46. The minimum absolute atomic E-state index is 0.275. The number of aryl methyl sites for hydroxylation is 1. The van der Waals surface area contributed by atoms with Crippen molar-refractivity contribution < 1.29 is 4.79 Å². The predicted molar refractivity (Wildman–Crippen MR) is 96.6 cm³/mol. The monoisotopic (exact) mass is 362 g/mol. The summed E-state index contributed by atoms with van der Waals surface area (Å²) in [5.74, 6) is 0.236. The summed E-state index contributed by atoms with van der Waals surface area (Å²) in [6, 6.07) is 8.53. The SMILES string of the molecule is Cc1ncc(C(=O)Nc2nc3ccc(NN=C(C#N)C#N)cc3s2)cn1. The molecule has 10 heteroatoms. The molecule has 2 heterocycles. The molecule has 2 aromatic heterocycles. The summed E-state index contributed by atoms with van der Waals surface area (Å²) in [7, 11) is 0. The number of rotatable bonds is 4. The van der Waals surface area contributed by atoms with E-state index >= 15 is 0 Å². The highest BCUT2D eigenvalue weighted by Gasteiger charge is 2.11. The summed E-state index contributed by atoms with van der Waals surface area (Å²) in [5.41, 5.74) is 3.99. The average molecular weight is 362 g/mol. The van der Waals surface area contributed by atoms with Crippen LogP contribution in [0.5, 0.6) is 0 Å². The highest BCUT2D eigenvalue weighted by Crippen LogP contribution is 2.28. The lowest BCUT2D eigenvalue weighted by molar-refractivity contribution is 0.102. The highest BCUT2D eigenvalue weighted by atomic mass is 32.1. The van der Waals surface area contributed by atoms with Gasteiger partial charge in [-0.3, -0.25) is 15.5 Å². The summed E-state index contributed by atoms with van der Waals surface area (Å²) >= 11 is 1.28. The van der Waals surface area contributed by atoms with Gasteiger partial charge in [0.25, 0.3) is 5.91 Å². The van der Waals surface area contributed by atoms with Crippen LogP contribution in [0.4, 0.5) is 10.8 Å². The van der Waals surface area contributed by atoms with Crippen molar-refractivity contribution in [1.29, 1.82) is 10.5 Å². The molecular weight excluding hydrogens is 352 g/mol. The summed E-state index contributed by atoms with van der Waals surface area (Å²) < 4.78 is 0.802. The Morgan fingerprint density at radius 1 is 1.23 bits per heavy atom. The molecule has 0 saturated carbocycles. The van der Waals surface area contributed by atoms with Crippen LogP contribution in [0, 0.1) is 29.6 Å². The third-order valence-electron chi connectivity index (χ3n) is 3.16. The number of nitrogens with zero attached hydrogens (tertiary/aromatic N) is 6. The second-order valence-electron chi connectivity index (χ2n) is 4.97. The molecule has 0 atom stereocenters. The van der Waals surface area contributed by atoms with E-state index in [0.717, 1.165) is 4.70 Å². The lowest BCUT2D eigenvalue weighted by atomic mass is 10.3. The average Bonchev–Trinajstić information content (AvgIpc) is 3.04. The van der Waals surface area contributed by atoms with E-state index in [4.69, 9.17) is 10.5 Å². The van der Waals surface area contributed by atoms with Crippen molar-refractivity contribution in [2.24, 2.45) is 5.10 Å². The molecule has 0 saturated heterocycles. The standard InChI is InChI=1S/C16H10N8OS/c1-9-19-7-10(8-20-9)15(25)22-16-21-13-3-2-11(4-14(13)26-16)23-24-12(5-17)6-18/h2-4,7-8,23H,1H3,(H,21,22,25). The van der Waals surface area contributed by atoms with E-state index in [1.54, 1.807) is 37.3 Å². The first-order valence-corrected chi connectivity index (χ1v) is 8.05. The van der Waals surface area contributed by atoms with E-state index in [9.17, 15) is 4.79 Å². The number of hydrogen-bond acceptors (Lipinski definition) is 9. The summed E-state index contributed by atoms with van der Waals surface area (Å²) in [4.78, 5) is 24.5. The molecule has 0 aliphatic rings. The molecule has 9 nitrogen and oxygen atoms in total. The molecule has 3 rings (SSSR count). The van der Waals surface area contributed by atoms with Crippen LogP contribution >= 0.6 is 11.3 Å². The van der Waals surface area contributed by atoms with Gasteiger partial charge in [-0.1, -0.05) is 11.3 Å². The Kier molecular flexibility index (Phi) is 4.78. The highest BCUT2D eigenvalue weighted by molar-refractivity contribution is 7.22. The van der Waals surface area contributed by atoms with E-state index in [1.807, 2.05) is 0 Å². The summed E-state index contributed by atoms with van der Waals surface area (Å²) in [6.07, 6.45) is 2.90. The van der Waals surface area contributed by atoms with Gasteiger partial charge in [-0.25, -0.2) is 15.0 Å². The topological polar surface area (TPSA) is 140 Å². The van der Waals surface area contributed by atoms with Gasteiger partial charge >= 0.3 is 0 Å². The molecule has 0 fully saturated rings. The fourth-order valence-corrected chi connectivity index (χ4v) is 2.82. The van der Waals surface area contributed by atoms with Gasteiger partial charge in [0.05, 0.1) is 21.5 Å². The van der Waals surface area contributed by atoms with Crippen LogP contribution in [0.25, 0.3) is 10.2 Å². The molecule has 3 aromatic rings. The Bertz CT molecular complexity index is 1070. The Morgan fingerprint density at radius 3 is 2.65 bits per heavy atom. The Hall–Kier alpha value is -3.89. The van der Waals surface area contributed by atoms with E-state index < -0.39 is 0 Å². The molecule has 1 aromatic carbocycles. The lowest BCUT2D eigenvalue weighted by Gasteiger charge is -2.00. The molecule has 0 unspecified atom stereocenters. The van der Waals surface area contributed by atoms with Gasteiger partial charge in [-0.15, -0.1) is 0 Å². The van der Waals surface area contributed by atoms with Gasteiger partial charge in [0.2, 0.25) is 5.71 Å². The molecule has 1 amide bonds. The number of carbonyl (C=O) groups is 1.